The quantitative estimate of drug-likeness (QED) is 0.457. The molecule has 0 aliphatic carbocycles. The minimum atomic E-state index is -0.150. The van der Waals surface area contributed by atoms with Crippen LogP contribution in [0.1, 0.15) is 0 Å². The number of aromatic hydroxyl groups is 1. The molecule has 26 heavy (non-hydrogen) atoms. The molecule has 0 aromatic heterocycles. The van der Waals surface area contributed by atoms with Crippen LogP contribution >= 0.6 is 27.5 Å². The number of anilines is 1. The lowest BCUT2D eigenvalue weighted by molar-refractivity contribution is -0.138. The highest BCUT2D eigenvalue weighted by molar-refractivity contribution is 9.10. The summed E-state index contributed by atoms with van der Waals surface area (Å²) in [6.07, 6.45) is 1.27. The van der Waals surface area contributed by atoms with Crippen LogP contribution < -0.4 is 10.6 Å². The Hall–Kier alpha value is -1.77. The molecule has 2 saturated heterocycles. The van der Waals surface area contributed by atoms with E-state index in [0.717, 1.165) is 13.1 Å². The number of phenols is 1. The number of carbonyl (C=O) groups excluding carboxylic acids is 2. The number of carbonyl (C=O) groups is 2. The first-order valence-electron chi connectivity index (χ1n) is 8.24. The van der Waals surface area contributed by atoms with Crippen LogP contribution in [0.15, 0.2) is 29.3 Å². The van der Waals surface area contributed by atoms with Crippen molar-refractivity contribution in [3.8, 4) is 5.75 Å². The molecule has 0 unspecified atom stereocenters. The zero-order valence-corrected chi connectivity index (χ0v) is 16.4. The third-order valence-corrected chi connectivity index (χ3v) is 5.84. The number of hydrogen-bond acceptors (Lipinski definition) is 5. The van der Waals surface area contributed by atoms with Crippen LogP contribution in [0.2, 0.25) is 5.02 Å². The van der Waals surface area contributed by atoms with Crippen LogP contribution in [-0.2, 0) is 9.59 Å². The van der Waals surface area contributed by atoms with Crippen molar-refractivity contribution < 1.29 is 14.7 Å². The molecule has 140 valence electrons. The summed E-state index contributed by atoms with van der Waals surface area (Å²) >= 11 is 9.19. The van der Waals surface area contributed by atoms with Gasteiger partial charge in [-0.3, -0.25) is 14.5 Å². The van der Waals surface area contributed by atoms with Gasteiger partial charge in [-0.1, -0.05) is 18.2 Å². The normalized spacial score (nSPS) is 18.0. The van der Waals surface area contributed by atoms with Crippen LogP contribution in [-0.4, -0.2) is 71.5 Å². The summed E-state index contributed by atoms with van der Waals surface area (Å²) in [5, 5.41) is 16.1. The minimum absolute atomic E-state index is 0.000628. The molecule has 0 saturated carbocycles. The van der Waals surface area contributed by atoms with Gasteiger partial charge in [0.2, 0.25) is 11.8 Å². The van der Waals surface area contributed by atoms with Crippen molar-refractivity contribution in [2.24, 2.45) is 0 Å². The second-order valence-electron chi connectivity index (χ2n) is 6.45. The number of benzene rings is 1. The number of rotatable bonds is 6. The van der Waals surface area contributed by atoms with E-state index in [2.05, 4.69) is 38.0 Å². The van der Waals surface area contributed by atoms with Crippen molar-refractivity contribution in [1.29, 1.82) is 0 Å². The molecule has 2 heterocycles. The van der Waals surface area contributed by atoms with E-state index in [1.807, 2.05) is 0 Å². The van der Waals surface area contributed by atoms with E-state index in [4.69, 9.17) is 11.6 Å². The van der Waals surface area contributed by atoms with Gasteiger partial charge in [-0.25, -0.2) is 0 Å². The SMILES string of the molecule is C=CC(=O)NC1CN(C2CN(C(=O)CNc3cc(Br)c(Cl)cc3O)C2)C1. The highest BCUT2D eigenvalue weighted by atomic mass is 79.9. The van der Waals surface area contributed by atoms with E-state index in [1.54, 1.807) is 11.0 Å². The summed E-state index contributed by atoms with van der Waals surface area (Å²) in [5.41, 5.74) is 0.454. The third kappa shape index (κ3) is 4.13. The number of phenolic OH excluding ortho intramolecular Hbond substituents is 1. The predicted octanol–water partition coefficient (Wildman–Crippen LogP) is 1.42. The van der Waals surface area contributed by atoms with E-state index >= 15 is 0 Å². The molecule has 3 rings (SSSR count). The van der Waals surface area contributed by atoms with Crippen molar-refractivity contribution in [3.63, 3.8) is 0 Å². The highest BCUT2D eigenvalue weighted by Crippen LogP contribution is 2.33. The maximum atomic E-state index is 12.2. The number of halogens is 2. The largest absolute Gasteiger partial charge is 0.506 e. The van der Waals surface area contributed by atoms with Gasteiger partial charge in [0, 0.05) is 42.8 Å². The highest BCUT2D eigenvalue weighted by Gasteiger charge is 2.40. The zero-order chi connectivity index (χ0) is 18.8. The molecule has 1 aromatic rings. The summed E-state index contributed by atoms with van der Waals surface area (Å²) in [7, 11) is 0. The number of hydrogen-bond donors (Lipinski definition) is 3. The molecule has 3 N–H and O–H groups in total. The van der Waals surface area contributed by atoms with E-state index in [1.165, 1.54) is 12.1 Å². The first-order chi connectivity index (χ1) is 12.4. The lowest BCUT2D eigenvalue weighted by Crippen LogP contribution is -2.70. The molecule has 2 aliphatic rings. The van der Waals surface area contributed by atoms with Gasteiger partial charge in [0.1, 0.15) is 5.75 Å². The summed E-state index contributed by atoms with van der Waals surface area (Å²) < 4.78 is 0.645. The second kappa shape index (κ2) is 7.85. The molecule has 0 spiro atoms. The average molecular weight is 444 g/mol. The molecule has 9 heteroatoms. The Labute approximate surface area is 165 Å². The van der Waals surface area contributed by atoms with Crippen LogP contribution in [0.5, 0.6) is 5.75 Å². The summed E-state index contributed by atoms with van der Waals surface area (Å²) in [4.78, 5) is 27.5. The van der Waals surface area contributed by atoms with E-state index in [9.17, 15) is 14.7 Å². The van der Waals surface area contributed by atoms with Crippen molar-refractivity contribution in [2.45, 2.75) is 12.1 Å². The Morgan fingerprint density at radius 1 is 1.35 bits per heavy atom. The lowest BCUT2D eigenvalue weighted by atomic mass is 9.99. The molecule has 0 atom stereocenters. The van der Waals surface area contributed by atoms with Crippen molar-refractivity contribution in [2.75, 3.05) is 38.0 Å². The Morgan fingerprint density at radius 2 is 2.04 bits per heavy atom. The topological polar surface area (TPSA) is 84.9 Å². The van der Waals surface area contributed by atoms with E-state index < -0.39 is 0 Å². The van der Waals surface area contributed by atoms with E-state index in [-0.39, 0.29) is 30.2 Å². The second-order valence-corrected chi connectivity index (χ2v) is 7.71. The van der Waals surface area contributed by atoms with Crippen LogP contribution in [0.3, 0.4) is 0 Å². The zero-order valence-electron chi connectivity index (χ0n) is 14.0. The maximum absolute atomic E-state index is 12.2. The molecule has 0 radical (unpaired) electrons. The van der Waals surface area contributed by atoms with Gasteiger partial charge in [-0.2, -0.15) is 0 Å². The van der Waals surface area contributed by atoms with E-state index in [0.29, 0.717) is 34.3 Å². The summed E-state index contributed by atoms with van der Waals surface area (Å²) in [5.74, 6) is -0.173. The monoisotopic (exact) mass is 442 g/mol. The molecular weight excluding hydrogens is 424 g/mol. The van der Waals surface area contributed by atoms with Crippen molar-refractivity contribution in [3.05, 3.63) is 34.3 Å². The fourth-order valence-corrected chi connectivity index (χ4v) is 3.51. The van der Waals surface area contributed by atoms with Gasteiger partial charge in [0.05, 0.1) is 23.3 Å². The summed E-state index contributed by atoms with van der Waals surface area (Å²) in [6, 6.07) is 3.57. The van der Waals surface area contributed by atoms with Crippen LogP contribution in [0.4, 0.5) is 5.69 Å². The molecule has 2 fully saturated rings. The molecule has 1 aromatic carbocycles. The van der Waals surface area contributed by atoms with Gasteiger partial charge in [0.25, 0.3) is 0 Å². The number of amides is 2. The third-order valence-electron chi connectivity index (χ3n) is 4.64. The molecule has 7 nitrogen and oxygen atoms in total. The number of nitrogens with zero attached hydrogens (tertiary/aromatic N) is 2. The fraction of sp³-hybridized carbons (Fsp3) is 0.412. The molecule has 2 aliphatic heterocycles. The van der Waals surface area contributed by atoms with Gasteiger partial charge < -0.3 is 20.6 Å². The fourth-order valence-electron chi connectivity index (χ4n) is 3.01. The molecule has 2 amide bonds. The van der Waals surface area contributed by atoms with Gasteiger partial charge in [0.15, 0.2) is 0 Å². The minimum Gasteiger partial charge on any atom is -0.506 e. The Balaban J connectivity index is 1.39. The van der Waals surface area contributed by atoms with Crippen LogP contribution in [0, 0.1) is 0 Å². The Kier molecular flexibility index (Phi) is 5.74. The van der Waals surface area contributed by atoms with Gasteiger partial charge >= 0.3 is 0 Å². The number of nitrogens with one attached hydrogen (secondary N) is 2. The predicted molar refractivity (Wildman–Crippen MR) is 103 cm³/mol. The van der Waals surface area contributed by atoms with Crippen molar-refractivity contribution >= 4 is 45.0 Å². The first kappa shape index (κ1) is 19.0. The molecular formula is C17H20BrClN4O3. The standard InChI is InChI=1S/C17H20BrClN4O3/c1-2-16(25)21-10-6-22(7-10)11-8-23(9-11)17(26)5-20-14-3-12(18)13(19)4-15(14)24/h2-4,10-11,20,24H,1,5-9H2,(H,21,25). The van der Waals surface area contributed by atoms with Crippen LogP contribution in [0.25, 0.3) is 0 Å². The first-order valence-corrected chi connectivity index (χ1v) is 9.41. The Morgan fingerprint density at radius 3 is 2.69 bits per heavy atom. The lowest BCUT2D eigenvalue weighted by Gasteiger charge is -2.51. The molecule has 0 bridgehead atoms. The van der Waals surface area contributed by atoms with Gasteiger partial charge in [-0.05, 0) is 28.1 Å². The average Bonchev–Trinajstić information content (AvgIpc) is 2.52. The number of likely N-dealkylation sites (tertiary alicyclic amines) is 2. The summed E-state index contributed by atoms with van der Waals surface area (Å²) in [6.45, 7) is 6.50. The van der Waals surface area contributed by atoms with Gasteiger partial charge in [-0.15, -0.1) is 0 Å². The Bertz CT molecular complexity index is 733. The smallest absolute Gasteiger partial charge is 0.243 e. The maximum Gasteiger partial charge on any atom is 0.243 e. The van der Waals surface area contributed by atoms with Crippen molar-refractivity contribution in [1.82, 2.24) is 15.1 Å².